The van der Waals surface area contributed by atoms with Crippen molar-refractivity contribution in [3.05, 3.63) is 0 Å². The average molecular weight is 140 g/mol. The summed E-state index contributed by atoms with van der Waals surface area (Å²) in [5.41, 5.74) is 0. The van der Waals surface area contributed by atoms with E-state index in [9.17, 15) is 4.79 Å². The molecule has 3 heteroatoms. The van der Waals surface area contributed by atoms with Gasteiger partial charge in [-0.1, -0.05) is 0 Å². The number of carbonyl (C=O) groups excluding carboxylic acids is 1. The van der Waals surface area contributed by atoms with Crippen molar-refractivity contribution in [3.8, 4) is 0 Å². The van der Waals surface area contributed by atoms with Gasteiger partial charge in [-0.05, 0) is 24.9 Å². The highest BCUT2D eigenvalue weighted by molar-refractivity contribution is 5.82. The van der Waals surface area contributed by atoms with E-state index < -0.39 is 0 Å². The van der Waals surface area contributed by atoms with E-state index in [1.54, 1.807) is 7.05 Å². The molecular weight excluding hydrogens is 128 g/mol. The average Bonchev–Trinajstić information content (AvgIpc) is 2.43. The van der Waals surface area contributed by atoms with Gasteiger partial charge in [0.05, 0.1) is 0 Å². The van der Waals surface area contributed by atoms with Gasteiger partial charge in [-0.2, -0.15) is 0 Å². The normalized spacial score (nSPS) is 42.7. The lowest BCUT2D eigenvalue weighted by Crippen LogP contribution is -2.26. The highest BCUT2D eigenvalue weighted by atomic mass is 16.2. The first-order chi connectivity index (χ1) is 4.84. The van der Waals surface area contributed by atoms with Crippen molar-refractivity contribution in [1.29, 1.82) is 0 Å². The van der Waals surface area contributed by atoms with Crippen LogP contribution in [0, 0.1) is 17.8 Å². The maximum Gasteiger partial charge on any atom is 0.223 e. The Balaban J connectivity index is 1.94. The van der Waals surface area contributed by atoms with Gasteiger partial charge in [-0.25, -0.2) is 0 Å². The zero-order valence-electron chi connectivity index (χ0n) is 6.05. The Morgan fingerprint density at radius 1 is 1.50 bits per heavy atom. The van der Waals surface area contributed by atoms with Crippen molar-refractivity contribution in [1.82, 2.24) is 10.6 Å². The first-order valence-electron chi connectivity index (χ1n) is 3.77. The lowest BCUT2D eigenvalue weighted by molar-refractivity contribution is -0.122. The highest BCUT2D eigenvalue weighted by Crippen LogP contribution is 2.48. The summed E-state index contributed by atoms with van der Waals surface area (Å²) in [5, 5.41) is 5.94. The van der Waals surface area contributed by atoms with Crippen LogP contribution in [0.25, 0.3) is 0 Å². The van der Waals surface area contributed by atoms with Crippen molar-refractivity contribution >= 4 is 5.91 Å². The maximum atomic E-state index is 11.0. The molecule has 1 aliphatic heterocycles. The Morgan fingerprint density at radius 3 is 2.60 bits per heavy atom. The number of fused-ring (bicyclic) bond motifs is 1. The number of amides is 1. The zero-order valence-corrected chi connectivity index (χ0v) is 6.05. The summed E-state index contributed by atoms with van der Waals surface area (Å²) in [6.07, 6.45) is 0. The number of carbonyl (C=O) groups is 1. The second-order valence-electron chi connectivity index (χ2n) is 3.13. The van der Waals surface area contributed by atoms with Crippen LogP contribution in [0.15, 0.2) is 0 Å². The van der Waals surface area contributed by atoms with E-state index in [2.05, 4.69) is 10.6 Å². The first-order valence-corrected chi connectivity index (χ1v) is 3.77. The molecule has 0 spiro atoms. The Kier molecular flexibility index (Phi) is 1.20. The third-order valence-corrected chi connectivity index (χ3v) is 2.64. The third-order valence-electron chi connectivity index (χ3n) is 2.64. The fourth-order valence-electron chi connectivity index (χ4n) is 1.97. The maximum absolute atomic E-state index is 11.0. The smallest absolute Gasteiger partial charge is 0.223 e. The first kappa shape index (κ1) is 6.16. The summed E-state index contributed by atoms with van der Waals surface area (Å²) in [7, 11) is 1.71. The van der Waals surface area contributed by atoms with Crippen molar-refractivity contribution in [2.45, 2.75) is 0 Å². The SMILES string of the molecule is CNC(=O)C1[C@H]2CNC[C@@H]12. The van der Waals surface area contributed by atoms with Crippen LogP contribution in [0.1, 0.15) is 0 Å². The molecule has 1 amide bonds. The van der Waals surface area contributed by atoms with Gasteiger partial charge in [-0.3, -0.25) is 4.79 Å². The molecule has 2 fully saturated rings. The summed E-state index contributed by atoms with van der Waals surface area (Å²) < 4.78 is 0. The van der Waals surface area contributed by atoms with Crippen molar-refractivity contribution in [2.24, 2.45) is 17.8 Å². The minimum Gasteiger partial charge on any atom is -0.359 e. The van der Waals surface area contributed by atoms with Crippen LogP contribution in [0.2, 0.25) is 0 Å². The molecule has 2 rings (SSSR count). The molecule has 3 nitrogen and oxygen atoms in total. The molecule has 2 aliphatic rings. The lowest BCUT2D eigenvalue weighted by atomic mass is 10.3. The van der Waals surface area contributed by atoms with Crippen molar-refractivity contribution < 1.29 is 4.79 Å². The molecule has 2 N–H and O–H groups in total. The van der Waals surface area contributed by atoms with Gasteiger partial charge < -0.3 is 10.6 Å². The van der Waals surface area contributed by atoms with Crippen LogP contribution >= 0.6 is 0 Å². The standard InChI is InChI=1S/C7H12N2O/c1-8-7(10)6-4-2-9-3-5(4)6/h4-6,9H,2-3H2,1H3,(H,8,10)/t4-,5+,6?. The summed E-state index contributed by atoms with van der Waals surface area (Å²) in [6, 6.07) is 0. The molecule has 1 saturated carbocycles. The molecule has 0 bridgehead atoms. The van der Waals surface area contributed by atoms with Crippen LogP contribution in [0.3, 0.4) is 0 Å². The quantitative estimate of drug-likeness (QED) is 0.500. The Labute approximate surface area is 60.2 Å². The van der Waals surface area contributed by atoms with E-state index in [1.165, 1.54) is 0 Å². The molecule has 0 radical (unpaired) electrons. The summed E-state index contributed by atoms with van der Waals surface area (Å²) in [5.74, 6) is 1.88. The minimum absolute atomic E-state index is 0.233. The van der Waals surface area contributed by atoms with Gasteiger partial charge in [0.2, 0.25) is 5.91 Å². The Hall–Kier alpha value is -0.570. The topological polar surface area (TPSA) is 41.1 Å². The molecule has 1 heterocycles. The van der Waals surface area contributed by atoms with Crippen LogP contribution in [0.4, 0.5) is 0 Å². The number of nitrogens with one attached hydrogen (secondary N) is 2. The van der Waals surface area contributed by atoms with E-state index in [4.69, 9.17) is 0 Å². The molecule has 1 aliphatic carbocycles. The lowest BCUT2D eigenvalue weighted by Gasteiger charge is -2.01. The van der Waals surface area contributed by atoms with Gasteiger partial charge in [0.1, 0.15) is 0 Å². The predicted molar refractivity (Wildman–Crippen MR) is 37.4 cm³/mol. The predicted octanol–water partition coefficient (Wildman–Crippen LogP) is -0.802. The Bertz CT molecular complexity index is 159. The highest BCUT2D eigenvalue weighted by Gasteiger charge is 2.56. The minimum atomic E-state index is 0.233. The van der Waals surface area contributed by atoms with Gasteiger partial charge >= 0.3 is 0 Å². The molecule has 0 aromatic rings. The fourth-order valence-corrected chi connectivity index (χ4v) is 1.97. The summed E-state index contributed by atoms with van der Waals surface area (Å²) in [4.78, 5) is 11.0. The van der Waals surface area contributed by atoms with Gasteiger partial charge in [0.25, 0.3) is 0 Å². The third kappa shape index (κ3) is 0.669. The number of hydrogen-bond donors (Lipinski definition) is 2. The molecule has 0 aromatic heterocycles. The molecular formula is C7H12N2O. The molecule has 3 atom stereocenters. The molecule has 1 unspecified atom stereocenters. The second kappa shape index (κ2) is 1.95. The number of rotatable bonds is 1. The fraction of sp³-hybridized carbons (Fsp3) is 0.857. The van der Waals surface area contributed by atoms with Crippen LogP contribution in [0.5, 0.6) is 0 Å². The van der Waals surface area contributed by atoms with E-state index >= 15 is 0 Å². The summed E-state index contributed by atoms with van der Waals surface area (Å²) >= 11 is 0. The molecule has 0 aromatic carbocycles. The van der Waals surface area contributed by atoms with E-state index in [1.807, 2.05) is 0 Å². The molecule has 56 valence electrons. The van der Waals surface area contributed by atoms with Crippen LogP contribution in [-0.2, 0) is 4.79 Å². The van der Waals surface area contributed by atoms with E-state index in [0.29, 0.717) is 17.8 Å². The van der Waals surface area contributed by atoms with Gasteiger partial charge in [-0.15, -0.1) is 0 Å². The Morgan fingerprint density at radius 2 is 2.10 bits per heavy atom. The van der Waals surface area contributed by atoms with Gasteiger partial charge in [0, 0.05) is 13.0 Å². The van der Waals surface area contributed by atoms with Crippen molar-refractivity contribution in [2.75, 3.05) is 20.1 Å². The largest absolute Gasteiger partial charge is 0.359 e. The number of hydrogen-bond acceptors (Lipinski definition) is 2. The molecule has 1 saturated heterocycles. The van der Waals surface area contributed by atoms with E-state index in [-0.39, 0.29) is 5.91 Å². The summed E-state index contributed by atoms with van der Waals surface area (Å²) in [6.45, 7) is 2.09. The van der Waals surface area contributed by atoms with Crippen LogP contribution < -0.4 is 10.6 Å². The van der Waals surface area contributed by atoms with E-state index in [0.717, 1.165) is 13.1 Å². The second-order valence-corrected chi connectivity index (χ2v) is 3.13. The number of piperidine rings is 1. The monoisotopic (exact) mass is 140 g/mol. The van der Waals surface area contributed by atoms with Gasteiger partial charge in [0.15, 0.2) is 0 Å². The van der Waals surface area contributed by atoms with Crippen LogP contribution in [-0.4, -0.2) is 26.0 Å². The zero-order chi connectivity index (χ0) is 7.14. The van der Waals surface area contributed by atoms with Crippen molar-refractivity contribution in [3.63, 3.8) is 0 Å². The molecule has 10 heavy (non-hydrogen) atoms.